The number of unbranched alkanes of at least 4 members (excludes halogenated alkanes) is 1. The van der Waals surface area contributed by atoms with E-state index in [1.165, 1.54) is 12.0 Å². The molecule has 1 aliphatic heterocycles. The van der Waals surface area contributed by atoms with Crippen LogP contribution < -0.4 is 10.1 Å². The topological polar surface area (TPSA) is 64.6 Å². The van der Waals surface area contributed by atoms with Crippen LogP contribution in [0.3, 0.4) is 0 Å². The molecule has 3 rings (SSSR count). The van der Waals surface area contributed by atoms with Gasteiger partial charge >= 0.3 is 0 Å². The Morgan fingerprint density at radius 2 is 1.91 bits per heavy atom. The molecule has 2 atom stereocenters. The molecule has 0 amide bonds. The number of methoxy groups -OCH3 is 1. The predicted molar refractivity (Wildman–Crippen MR) is 137 cm³/mol. The molecule has 0 bridgehead atoms. The summed E-state index contributed by atoms with van der Waals surface area (Å²) in [6.07, 6.45) is 6.98. The number of aryl methyl sites for hydroxylation is 1. The van der Waals surface area contributed by atoms with E-state index in [1.807, 2.05) is 36.6 Å². The number of benzene rings is 2. The van der Waals surface area contributed by atoms with E-state index in [9.17, 15) is 8.42 Å². The average Bonchev–Trinajstić information content (AvgIpc) is 2.92. The molecular formula is C26H37NO4S2. The van der Waals surface area contributed by atoms with Crippen molar-refractivity contribution in [3.63, 3.8) is 0 Å². The Labute approximate surface area is 203 Å². The van der Waals surface area contributed by atoms with Gasteiger partial charge in [0, 0.05) is 11.8 Å². The Balaban J connectivity index is 2.15. The standard InChI is InChI=1S/C26H37NO4S2/c1-5-7-15-26(6-2)19-33(28,29)24-17-21(14-11-16-31-32-4)23(30-3)18-22(24)25(27-26)20-12-9-8-10-13-20/h8-10,12-13,17-18,25,27H,5-7,11,14-16,19H2,1-4H3. The number of sulfone groups is 1. The van der Waals surface area contributed by atoms with Crippen molar-refractivity contribution in [1.82, 2.24) is 5.32 Å². The molecule has 0 aromatic heterocycles. The fraction of sp³-hybridized carbons (Fsp3) is 0.538. The van der Waals surface area contributed by atoms with Gasteiger partial charge in [0.25, 0.3) is 0 Å². The highest BCUT2D eigenvalue weighted by molar-refractivity contribution is 7.93. The Hall–Kier alpha value is -1.54. The number of fused-ring (bicyclic) bond motifs is 1. The lowest BCUT2D eigenvalue weighted by Crippen LogP contribution is -2.50. The summed E-state index contributed by atoms with van der Waals surface area (Å²) in [5, 5.41) is 3.82. The molecule has 182 valence electrons. The fourth-order valence-electron chi connectivity index (χ4n) is 4.72. The molecule has 0 saturated carbocycles. The smallest absolute Gasteiger partial charge is 0.180 e. The lowest BCUT2D eigenvalue weighted by Gasteiger charge is -2.36. The number of nitrogens with one attached hydrogen (secondary N) is 1. The van der Waals surface area contributed by atoms with Crippen LogP contribution in [0.15, 0.2) is 47.4 Å². The summed E-state index contributed by atoms with van der Waals surface area (Å²) >= 11 is 1.34. The minimum absolute atomic E-state index is 0.105. The van der Waals surface area contributed by atoms with E-state index in [0.29, 0.717) is 17.9 Å². The maximum absolute atomic E-state index is 13.8. The van der Waals surface area contributed by atoms with Crippen LogP contribution in [-0.2, 0) is 20.4 Å². The second kappa shape index (κ2) is 11.7. The molecular weight excluding hydrogens is 454 g/mol. The zero-order valence-electron chi connectivity index (χ0n) is 20.2. The molecule has 1 heterocycles. The zero-order chi connectivity index (χ0) is 23.9. The van der Waals surface area contributed by atoms with Gasteiger partial charge in [-0.15, -0.1) is 0 Å². The van der Waals surface area contributed by atoms with Crippen LogP contribution in [-0.4, -0.2) is 39.7 Å². The van der Waals surface area contributed by atoms with Crippen LogP contribution in [0, 0.1) is 0 Å². The number of hydrogen-bond donors (Lipinski definition) is 1. The van der Waals surface area contributed by atoms with Crippen LogP contribution >= 0.6 is 12.0 Å². The SMILES string of the molecule is CCCCC1(CC)CS(=O)(=O)c2cc(CCCOSC)c(OC)cc2C(c2ccccc2)N1. The van der Waals surface area contributed by atoms with E-state index >= 15 is 0 Å². The van der Waals surface area contributed by atoms with E-state index in [2.05, 4.69) is 31.3 Å². The highest BCUT2D eigenvalue weighted by Crippen LogP contribution is 2.41. The van der Waals surface area contributed by atoms with Gasteiger partial charge in [-0.2, -0.15) is 0 Å². The lowest BCUT2D eigenvalue weighted by atomic mass is 9.87. The average molecular weight is 492 g/mol. The summed E-state index contributed by atoms with van der Waals surface area (Å²) in [4.78, 5) is 0.428. The van der Waals surface area contributed by atoms with Crippen molar-refractivity contribution in [3.8, 4) is 5.75 Å². The highest BCUT2D eigenvalue weighted by Gasteiger charge is 2.42. The van der Waals surface area contributed by atoms with Crippen molar-refractivity contribution in [3.05, 3.63) is 59.2 Å². The Kier molecular flexibility index (Phi) is 9.27. The molecule has 33 heavy (non-hydrogen) atoms. The van der Waals surface area contributed by atoms with Crippen molar-refractivity contribution in [1.29, 1.82) is 0 Å². The minimum Gasteiger partial charge on any atom is -0.496 e. The summed E-state index contributed by atoms with van der Waals surface area (Å²) in [5.41, 5.74) is 2.27. The first kappa shape index (κ1) is 26.1. The third kappa shape index (κ3) is 6.13. The number of hydrogen-bond acceptors (Lipinski definition) is 6. The second-order valence-electron chi connectivity index (χ2n) is 8.78. The molecule has 0 aliphatic carbocycles. The zero-order valence-corrected chi connectivity index (χ0v) is 21.9. The first-order valence-corrected chi connectivity index (χ1v) is 14.6. The van der Waals surface area contributed by atoms with E-state index in [-0.39, 0.29) is 11.8 Å². The first-order chi connectivity index (χ1) is 15.9. The van der Waals surface area contributed by atoms with Crippen molar-refractivity contribution in [2.24, 2.45) is 0 Å². The normalized spacial score (nSPS) is 21.9. The summed E-state index contributed by atoms with van der Waals surface area (Å²) in [5.74, 6) is 0.835. The third-order valence-electron chi connectivity index (χ3n) is 6.59. The van der Waals surface area contributed by atoms with E-state index < -0.39 is 15.4 Å². The number of ether oxygens (including phenoxy) is 1. The first-order valence-electron chi connectivity index (χ1n) is 11.8. The second-order valence-corrected chi connectivity index (χ2v) is 11.3. The molecule has 2 aromatic rings. The lowest BCUT2D eigenvalue weighted by molar-refractivity contribution is 0.294. The van der Waals surface area contributed by atoms with Crippen LogP contribution in [0.5, 0.6) is 5.75 Å². The quantitative estimate of drug-likeness (QED) is 0.320. The summed E-state index contributed by atoms with van der Waals surface area (Å²) in [6, 6.07) is 13.7. The molecule has 2 unspecified atom stereocenters. The predicted octanol–water partition coefficient (Wildman–Crippen LogP) is 5.73. The van der Waals surface area contributed by atoms with Crippen LogP contribution in [0.2, 0.25) is 0 Å². The molecule has 7 heteroatoms. The Morgan fingerprint density at radius 3 is 2.55 bits per heavy atom. The summed E-state index contributed by atoms with van der Waals surface area (Å²) in [6.45, 7) is 4.85. The van der Waals surface area contributed by atoms with Crippen LogP contribution in [0.4, 0.5) is 0 Å². The minimum atomic E-state index is -3.51. The van der Waals surface area contributed by atoms with Gasteiger partial charge in [-0.3, -0.25) is 5.32 Å². The van der Waals surface area contributed by atoms with Gasteiger partial charge < -0.3 is 8.92 Å². The van der Waals surface area contributed by atoms with Gasteiger partial charge in [-0.05, 0) is 66.5 Å². The third-order valence-corrected chi connectivity index (χ3v) is 8.94. The molecule has 1 aliphatic rings. The monoisotopic (exact) mass is 491 g/mol. The Morgan fingerprint density at radius 1 is 1.15 bits per heavy atom. The Bertz CT molecular complexity index is 1010. The molecule has 0 spiro atoms. The van der Waals surface area contributed by atoms with Gasteiger partial charge in [-0.25, -0.2) is 8.42 Å². The van der Waals surface area contributed by atoms with Crippen molar-refractivity contribution >= 4 is 21.9 Å². The van der Waals surface area contributed by atoms with Crippen molar-refractivity contribution < 1.29 is 17.3 Å². The number of rotatable bonds is 11. The largest absolute Gasteiger partial charge is 0.496 e. The molecule has 0 radical (unpaired) electrons. The fourth-order valence-corrected chi connectivity index (χ4v) is 7.18. The highest BCUT2D eigenvalue weighted by atomic mass is 32.2. The van der Waals surface area contributed by atoms with Crippen LogP contribution in [0.1, 0.15) is 68.7 Å². The summed E-state index contributed by atoms with van der Waals surface area (Å²) in [7, 11) is -1.86. The van der Waals surface area contributed by atoms with Crippen molar-refractivity contribution in [2.45, 2.75) is 68.8 Å². The van der Waals surface area contributed by atoms with Gasteiger partial charge in [0.1, 0.15) is 5.75 Å². The van der Waals surface area contributed by atoms with E-state index in [0.717, 1.165) is 54.5 Å². The maximum atomic E-state index is 13.8. The maximum Gasteiger partial charge on any atom is 0.180 e. The van der Waals surface area contributed by atoms with Crippen LogP contribution in [0.25, 0.3) is 0 Å². The molecule has 0 saturated heterocycles. The molecule has 1 N–H and O–H groups in total. The molecule has 0 fully saturated rings. The molecule has 2 aromatic carbocycles. The van der Waals surface area contributed by atoms with Gasteiger partial charge in [0.2, 0.25) is 0 Å². The van der Waals surface area contributed by atoms with E-state index in [4.69, 9.17) is 8.92 Å². The van der Waals surface area contributed by atoms with Gasteiger partial charge in [0.15, 0.2) is 9.84 Å². The van der Waals surface area contributed by atoms with Gasteiger partial charge in [-0.1, -0.05) is 57.0 Å². The van der Waals surface area contributed by atoms with E-state index in [1.54, 1.807) is 7.11 Å². The molecule has 5 nitrogen and oxygen atoms in total. The van der Waals surface area contributed by atoms with Crippen molar-refractivity contribution in [2.75, 3.05) is 25.7 Å². The van der Waals surface area contributed by atoms with Gasteiger partial charge in [0.05, 0.1) is 30.4 Å². The summed E-state index contributed by atoms with van der Waals surface area (Å²) < 4.78 is 38.8.